The molecule has 0 amide bonds. The number of aromatic nitrogens is 1. The summed E-state index contributed by atoms with van der Waals surface area (Å²) in [7, 11) is 0. The van der Waals surface area contributed by atoms with E-state index in [2.05, 4.69) is 4.98 Å². The van der Waals surface area contributed by atoms with Gasteiger partial charge in [-0.2, -0.15) is 0 Å². The van der Waals surface area contributed by atoms with Crippen LogP contribution in [0.25, 0.3) is 10.8 Å². The van der Waals surface area contributed by atoms with Gasteiger partial charge < -0.3 is 9.84 Å². The summed E-state index contributed by atoms with van der Waals surface area (Å²) in [6, 6.07) is 15.8. The fourth-order valence-electron chi connectivity index (χ4n) is 2.38. The molecule has 0 saturated heterocycles. The number of aliphatic hydroxyl groups is 1. The van der Waals surface area contributed by atoms with E-state index in [9.17, 15) is 5.11 Å². The van der Waals surface area contributed by atoms with Gasteiger partial charge in [0.15, 0.2) is 0 Å². The molecule has 0 fully saturated rings. The lowest BCUT2D eigenvalue weighted by Gasteiger charge is -2.16. The van der Waals surface area contributed by atoms with E-state index in [0.717, 1.165) is 27.6 Å². The van der Waals surface area contributed by atoms with Crippen LogP contribution in [0.15, 0.2) is 60.9 Å². The van der Waals surface area contributed by atoms with E-state index in [0.29, 0.717) is 6.61 Å². The maximum Gasteiger partial charge on any atom is 0.133 e. The zero-order chi connectivity index (χ0) is 14.7. The lowest BCUT2D eigenvalue weighted by molar-refractivity contribution is 0.191. The number of fused-ring (bicyclic) bond motifs is 1. The van der Waals surface area contributed by atoms with Crippen molar-refractivity contribution >= 4 is 10.8 Å². The molecule has 0 aliphatic rings. The lowest BCUT2D eigenvalue weighted by atomic mass is 10.0. The molecule has 0 spiro atoms. The lowest BCUT2D eigenvalue weighted by Crippen LogP contribution is -2.02. The normalized spacial score (nSPS) is 12.3. The van der Waals surface area contributed by atoms with Gasteiger partial charge in [0.1, 0.15) is 12.4 Å². The van der Waals surface area contributed by atoms with Crippen molar-refractivity contribution in [1.29, 1.82) is 0 Å². The van der Waals surface area contributed by atoms with Crippen LogP contribution in [0.3, 0.4) is 0 Å². The van der Waals surface area contributed by atoms with Crippen molar-refractivity contribution in [1.82, 2.24) is 4.98 Å². The molecular weight excluding hydrogens is 262 g/mol. The van der Waals surface area contributed by atoms with Gasteiger partial charge >= 0.3 is 0 Å². The molecule has 1 N–H and O–H groups in total. The minimum Gasteiger partial charge on any atom is -0.488 e. The van der Waals surface area contributed by atoms with E-state index in [1.54, 1.807) is 19.3 Å². The fraction of sp³-hybridized carbons (Fsp3) is 0.167. The summed E-state index contributed by atoms with van der Waals surface area (Å²) in [6.45, 7) is 2.21. The van der Waals surface area contributed by atoms with Crippen LogP contribution in [-0.4, -0.2) is 10.1 Å². The minimum atomic E-state index is -0.568. The van der Waals surface area contributed by atoms with Gasteiger partial charge in [0, 0.05) is 23.3 Å². The van der Waals surface area contributed by atoms with Gasteiger partial charge in [-0.3, -0.25) is 4.98 Å². The summed E-state index contributed by atoms with van der Waals surface area (Å²) < 4.78 is 6.01. The largest absolute Gasteiger partial charge is 0.488 e. The van der Waals surface area contributed by atoms with Crippen molar-refractivity contribution < 1.29 is 9.84 Å². The summed E-state index contributed by atoms with van der Waals surface area (Å²) >= 11 is 0. The third kappa shape index (κ3) is 2.88. The number of rotatable bonds is 4. The number of hydrogen-bond acceptors (Lipinski definition) is 3. The second-order valence-corrected chi connectivity index (χ2v) is 5.03. The Kier molecular flexibility index (Phi) is 3.84. The predicted octanol–water partition coefficient (Wildman–Crippen LogP) is 3.87. The molecule has 3 nitrogen and oxygen atoms in total. The zero-order valence-corrected chi connectivity index (χ0v) is 11.9. The summed E-state index contributed by atoms with van der Waals surface area (Å²) in [6.07, 6.45) is 2.93. The summed E-state index contributed by atoms with van der Waals surface area (Å²) in [4.78, 5) is 4.00. The van der Waals surface area contributed by atoms with Crippen LogP contribution in [0.4, 0.5) is 0 Å². The summed E-state index contributed by atoms with van der Waals surface area (Å²) in [5, 5.41) is 12.1. The van der Waals surface area contributed by atoms with Crippen LogP contribution in [-0.2, 0) is 6.61 Å². The Hall–Kier alpha value is -2.39. The first-order valence-corrected chi connectivity index (χ1v) is 6.97. The Morgan fingerprint density at radius 3 is 2.57 bits per heavy atom. The van der Waals surface area contributed by atoms with E-state index >= 15 is 0 Å². The van der Waals surface area contributed by atoms with Crippen LogP contribution < -0.4 is 4.74 Å². The molecule has 2 aromatic carbocycles. The van der Waals surface area contributed by atoms with Crippen LogP contribution in [0.2, 0.25) is 0 Å². The molecule has 0 bridgehead atoms. The molecule has 1 heterocycles. The van der Waals surface area contributed by atoms with Crippen molar-refractivity contribution in [3.8, 4) is 5.75 Å². The van der Waals surface area contributed by atoms with Crippen molar-refractivity contribution in [2.75, 3.05) is 0 Å². The molecule has 0 saturated carbocycles. The highest BCUT2D eigenvalue weighted by atomic mass is 16.5. The van der Waals surface area contributed by atoms with Gasteiger partial charge in [-0.1, -0.05) is 36.4 Å². The van der Waals surface area contributed by atoms with Gasteiger partial charge in [-0.25, -0.2) is 0 Å². The van der Waals surface area contributed by atoms with Gasteiger partial charge in [0.05, 0.1) is 6.10 Å². The number of nitrogens with zero attached hydrogens (tertiary/aromatic N) is 1. The maximum absolute atomic E-state index is 9.97. The second kappa shape index (κ2) is 5.94. The molecule has 3 heteroatoms. The van der Waals surface area contributed by atoms with Crippen molar-refractivity contribution in [3.05, 3.63) is 72.1 Å². The zero-order valence-electron chi connectivity index (χ0n) is 11.9. The predicted molar refractivity (Wildman–Crippen MR) is 83.2 cm³/mol. The van der Waals surface area contributed by atoms with Crippen molar-refractivity contribution in [2.45, 2.75) is 19.6 Å². The molecular formula is C18H17NO2. The topological polar surface area (TPSA) is 42.4 Å². The average molecular weight is 279 g/mol. The molecule has 1 unspecified atom stereocenters. The minimum absolute atomic E-state index is 0.455. The quantitative estimate of drug-likeness (QED) is 0.788. The van der Waals surface area contributed by atoms with Crippen LogP contribution in [0, 0.1) is 0 Å². The van der Waals surface area contributed by atoms with E-state index < -0.39 is 6.10 Å². The molecule has 106 valence electrons. The van der Waals surface area contributed by atoms with E-state index in [-0.39, 0.29) is 0 Å². The smallest absolute Gasteiger partial charge is 0.133 e. The van der Waals surface area contributed by atoms with E-state index in [1.807, 2.05) is 48.5 Å². The van der Waals surface area contributed by atoms with Crippen molar-refractivity contribution in [3.63, 3.8) is 0 Å². The molecule has 1 atom stereocenters. The van der Waals surface area contributed by atoms with E-state index in [1.165, 1.54) is 0 Å². The second-order valence-electron chi connectivity index (χ2n) is 5.03. The van der Waals surface area contributed by atoms with Crippen LogP contribution in [0.5, 0.6) is 5.75 Å². The number of aliphatic hydroxyl groups excluding tert-OH is 1. The third-order valence-electron chi connectivity index (χ3n) is 3.49. The molecule has 0 radical (unpaired) electrons. The first-order chi connectivity index (χ1) is 10.3. The Balaban J connectivity index is 2.00. The molecule has 3 aromatic rings. The fourth-order valence-corrected chi connectivity index (χ4v) is 2.38. The molecule has 0 aliphatic heterocycles. The molecule has 1 aromatic heterocycles. The monoisotopic (exact) mass is 279 g/mol. The SMILES string of the molecule is CC(O)c1ccc2ccccc2c1OCc1ccncc1. The van der Waals surface area contributed by atoms with Gasteiger partial charge in [-0.15, -0.1) is 0 Å². The molecule has 0 aliphatic carbocycles. The highest BCUT2D eigenvalue weighted by Gasteiger charge is 2.13. The van der Waals surface area contributed by atoms with Crippen LogP contribution in [0.1, 0.15) is 24.2 Å². The number of pyridine rings is 1. The van der Waals surface area contributed by atoms with Gasteiger partial charge in [0.25, 0.3) is 0 Å². The average Bonchev–Trinajstić information content (AvgIpc) is 2.53. The van der Waals surface area contributed by atoms with Crippen LogP contribution >= 0.6 is 0 Å². The Bertz CT molecular complexity index is 739. The Morgan fingerprint density at radius 1 is 1.05 bits per heavy atom. The third-order valence-corrected chi connectivity index (χ3v) is 3.49. The number of ether oxygens (including phenoxy) is 1. The van der Waals surface area contributed by atoms with Gasteiger partial charge in [0.2, 0.25) is 0 Å². The molecule has 3 rings (SSSR count). The van der Waals surface area contributed by atoms with Gasteiger partial charge in [-0.05, 0) is 30.0 Å². The van der Waals surface area contributed by atoms with E-state index in [4.69, 9.17) is 4.74 Å². The summed E-state index contributed by atoms with van der Waals surface area (Å²) in [5.74, 6) is 0.750. The summed E-state index contributed by atoms with van der Waals surface area (Å²) in [5.41, 5.74) is 1.86. The maximum atomic E-state index is 9.97. The first-order valence-electron chi connectivity index (χ1n) is 6.97. The standard InChI is InChI=1S/C18H17NO2/c1-13(20)16-7-6-15-4-2-3-5-17(15)18(16)21-12-14-8-10-19-11-9-14/h2-11,13,20H,12H2,1H3. The number of benzene rings is 2. The Morgan fingerprint density at radius 2 is 1.81 bits per heavy atom. The highest BCUT2D eigenvalue weighted by Crippen LogP contribution is 2.34. The first kappa shape index (κ1) is 13.6. The van der Waals surface area contributed by atoms with Crippen molar-refractivity contribution in [2.24, 2.45) is 0 Å². The highest BCUT2D eigenvalue weighted by molar-refractivity contribution is 5.89. The Labute approximate surface area is 123 Å². The molecule has 21 heavy (non-hydrogen) atoms. The number of hydrogen-bond donors (Lipinski definition) is 1.